The molecule has 1 aliphatic heterocycles. The molecule has 1 aromatic heterocycles. The smallest absolute Gasteiger partial charge is 0.251 e. The minimum atomic E-state index is -3.30. The summed E-state index contributed by atoms with van der Waals surface area (Å²) in [6, 6.07) is 7.23. The molecule has 0 bridgehead atoms. The molecule has 8 heteroatoms. The summed E-state index contributed by atoms with van der Waals surface area (Å²) in [5, 5.41) is 5.55. The molecule has 140 valence electrons. The summed E-state index contributed by atoms with van der Waals surface area (Å²) in [7, 11) is -3.30. The lowest BCUT2D eigenvalue weighted by molar-refractivity contribution is 0.0956. The summed E-state index contributed by atoms with van der Waals surface area (Å²) in [4.78, 5) is 16.8. The van der Waals surface area contributed by atoms with Crippen LogP contribution in [0.2, 0.25) is 0 Å². The molecule has 1 aliphatic rings. The van der Waals surface area contributed by atoms with Crippen LogP contribution in [0.15, 0.2) is 29.6 Å². The summed E-state index contributed by atoms with van der Waals surface area (Å²) in [5.74, 6) is -0.335. The number of carbonyl (C=O) groups excluding carboxylic acids is 1. The Morgan fingerprint density at radius 3 is 2.73 bits per heavy atom. The molecular formula is C18H23N3O3S2. The predicted molar refractivity (Wildman–Crippen MR) is 104 cm³/mol. The fraction of sp³-hybridized carbons (Fsp3) is 0.444. The highest BCUT2D eigenvalue weighted by molar-refractivity contribution is 7.89. The standard InChI is InChI=1S/C18H23N3O3S2/c1-14-13-25-18(20-14)16-7-5-6-15(12-16)17(22)19-8-11-26(23,24)21-9-3-2-4-10-21/h5-7,12-13H,2-4,8-11H2,1H3,(H,19,22). The fourth-order valence-corrected chi connectivity index (χ4v) is 5.18. The van der Waals surface area contributed by atoms with Gasteiger partial charge in [-0.05, 0) is 31.9 Å². The maximum Gasteiger partial charge on any atom is 0.251 e. The number of amides is 1. The maximum absolute atomic E-state index is 12.4. The van der Waals surface area contributed by atoms with Crippen molar-refractivity contribution in [2.24, 2.45) is 0 Å². The lowest BCUT2D eigenvalue weighted by atomic mass is 10.1. The van der Waals surface area contributed by atoms with Crippen molar-refractivity contribution < 1.29 is 13.2 Å². The molecule has 0 atom stereocenters. The van der Waals surface area contributed by atoms with Crippen molar-refractivity contribution in [1.29, 1.82) is 0 Å². The first-order valence-corrected chi connectivity index (χ1v) is 11.2. The van der Waals surface area contributed by atoms with E-state index in [4.69, 9.17) is 0 Å². The van der Waals surface area contributed by atoms with Gasteiger partial charge in [0.15, 0.2) is 0 Å². The number of nitrogens with one attached hydrogen (secondary N) is 1. The van der Waals surface area contributed by atoms with E-state index < -0.39 is 10.0 Å². The normalized spacial score (nSPS) is 15.7. The van der Waals surface area contributed by atoms with Gasteiger partial charge in [0.2, 0.25) is 10.0 Å². The molecule has 1 amide bonds. The van der Waals surface area contributed by atoms with E-state index in [1.54, 1.807) is 12.1 Å². The van der Waals surface area contributed by atoms with Gasteiger partial charge in [-0.25, -0.2) is 17.7 Å². The topological polar surface area (TPSA) is 79.4 Å². The molecule has 1 aromatic carbocycles. The van der Waals surface area contributed by atoms with Gasteiger partial charge in [0, 0.05) is 41.8 Å². The highest BCUT2D eigenvalue weighted by Crippen LogP contribution is 2.24. The van der Waals surface area contributed by atoms with E-state index in [1.165, 1.54) is 15.6 Å². The third-order valence-corrected chi connectivity index (χ3v) is 7.23. The van der Waals surface area contributed by atoms with Crippen molar-refractivity contribution >= 4 is 27.3 Å². The Morgan fingerprint density at radius 1 is 1.27 bits per heavy atom. The van der Waals surface area contributed by atoms with E-state index in [0.29, 0.717) is 18.7 Å². The van der Waals surface area contributed by atoms with Crippen LogP contribution in [0, 0.1) is 6.92 Å². The molecule has 6 nitrogen and oxygen atoms in total. The Morgan fingerprint density at radius 2 is 2.04 bits per heavy atom. The van der Waals surface area contributed by atoms with Gasteiger partial charge >= 0.3 is 0 Å². The minimum Gasteiger partial charge on any atom is -0.351 e. The number of hydrogen-bond donors (Lipinski definition) is 1. The van der Waals surface area contributed by atoms with E-state index in [1.807, 2.05) is 24.4 Å². The van der Waals surface area contributed by atoms with Crippen molar-refractivity contribution in [1.82, 2.24) is 14.6 Å². The SMILES string of the molecule is Cc1csc(-c2cccc(C(=O)NCCS(=O)(=O)N3CCCCC3)c2)n1. The number of rotatable bonds is 6. The van der Waals surface area contributed by atoms with Gasteiger partial charge in [-0.3, -0.25) is 4.79 Å². The Labute approximate surface area is 158 Å². The Balaban J connectivity index is 1.58. The average Bonchev–Trinajstić information content (AvgIpc) is 3.09. The van der Waals surface area contributed by atoms with Crippen LogP contribution in [0.1, 0.15) is 35.3 Å². The van der Waals surface area contributed by atoms with Crippen LogP contribution in [-0.4, -0.2) is 49.0 Å². The molecule has 0 unspecified atom stereocenters. The lowest BCUT2D eigenvalue weighted by Gasteiger charge is -2.25. The van der Waals surface area contributed by atoms with Crippen LogP contribution < -0.4 is 5.32 Å². The molecule has 1 saturated heterocycles. The molecule has 0 saturated carbocycles. The number of nitrogens with zero attached hydrogens (tertiary/aromatic N) is 2. The van der Waals surface area contributed by atoms with Gasteiger partial charge in [-0.1, -0.05) is 18.6 Å². The second-order valence-electron chi connectivity index (χ2n) is 6.41. The molecule has 0 aliphatic carbocycles. The van der Waals surface area contributed by atoms with E-state index in [9.17, 15) is 13.2 Å². The van der Waals surface area contributed by atoms with Gasteiger partial charge in [0.1, 0.15) is 5.01 Å². The summed E-state index contributed by atoms with van der Waals surface area (Å²) in [5.41, 5.74) is 2.34. The van der Waals surface area contributed by atoms with Gasteiger partial charge in [0.25, 0.3) is 5.91 Å². The maximum atomic E-state index is 12.4. The molecule has 2 heterocycles. The fourth-order valence-electron chi connectivity index (χ4n) is 2.95. The largest absolute Gasteiger partial charge is 0.351 e. The van der Waals surface area contributed by atoms with Crippen LogP contribution in [0.5, 0.6) is 0 Å². The molecule has 26 heavy (non-hydrogen) atoms. The zero-order valence-corrected chi connectivity index (χ0v) is 16.4. The molecule has 0 radical (unpaired) electrons. The number of thiazole rings is 1. The molecule has 2 aromatic rings. The molecule has 0 spiro atoms. The van der Waals surface area contributed by atoms with E-state index in [2.05, 4.69) is 10.3 Å². The number of aromatic nitrogens is 1. The summed E-state index contributed by atoms with van der Waals surface area (Å²) in [6.45, 7) is 3.22. The molecule has 1 N–H and O–H groups in total. The van der Waals surface area contributed by atoms with Crippen molar-refractivity contribution in [3.8, 4) is 10.6 Å². The van der Waals surface area contributed by atoms with E-state index >= 15 is 0 Å². The second kappa shape index (κ2) is 8.28. The van der Waals surface area contributed by atoms with Crippen LogP contribution in [0.25, 0.3) is 10.6 Å². The number of carbonyl (C=O) groups is 1. The van der Waals surface area contributed by atoms with E-state index in [0.717, 1.165) is 35.5 Å². The first-order chi connectivity index (χ1) is 12.5. The van der Waals surface area contributed by atoms with Crippen molar-refractivity contribution in [2.75, 3.05) is 25.4 Å². The highest BCUT2D eigenvalue weighted by atomic mass is 32.2. The average molecular weight is 394 g/mol. The second-order valence-corrected chi connectivity index (χ2v) is 9.35. The zero-order chi connectivity index (χ0) is 18.6. The molecule has 1 fully saturated rings. The Bertz CT molecular complexity index is 871. The van der Waals surface area contributed by atoms with Crippen LogP contribution in [-0.2, 0) is 10.0 Å². The highest BCUT2D eigenvalue weighted by Gasteiger charge is 2.23. The number of sulfonamides is 1. The lowest BCUT2D eigenvalue weighted by Crippen LogP contribution is -2.40. The third-order valence-electron chi connectivity index (χ3n) is 4.34. The van der Waals surface area contributed by atoms with E-state index in [-0.39, 0.29) is 18.2 Å². The zero-order valence-electron chi connectivity index (χ0n) is 14.8. The Hall–Kier alpha value is -1.77. The van der Waals surface area contributed by atoms with Crippen molar-refractivity contribution in [2.45, 2.75) is 26.2 Å². The van der Waals surface area contributed by atoms with Crippen molar-refractivity contribution in [3.05, 3.63) is 40.9 Å². The van der Waals surface area contributed by atoms with Crippen LogP contribution in [0.3, 0.4) is 0 Å². The number of aryl methyl sites for hydroxylation is 1. The first-order valence-electron chi connectivity index (χ1n) is 8.74. The predicted octanol–water partition coefficient (Wildman–Crippen LogP) is 2.66. The van der Waals surface area contributed by atoms with Gasteiger partial charge in [0.05, 0.1) is 5.75 Å². The number of hydrogen-bond acceptors (Lipinski definition) is 5. The molecule has 3 rings (SSSR count). The summed E-state index contributed by atoms with van der Waals surface area (Å²) < 4.78 is 26.2. The minimum absolute atomic E-state index is 0.0654. The van der Waals surface area contributed by atoms with Crippen LogP contribution in [0.4, 0.5) is 0 Å². The van der Waals surface area contributed by atoms with Gasteiger partial charge in [-0.2, -0.15) is 0 Å². The van der Waals surface area contributed by atoms with Gasteiger partial charge < -0.3 is 5.32 Å². The Kier molecular flexibility index (Phi) is 6.05. The van der Waals surface area contributed by atoms with Crippen LogP contribution >= 0.6 is 11.3 Å². The third kappa shape index (κ3) is 4.69. The number of benzene rings is 1. The monoisotopic (exact) mass is 393 g/mol. The quantitative estimate of drug-likeness (QED) is 0.818. The van der Waals surface area contributed by atoms with Crippen molar-refractivity contribution in [3.63, 3.8) is 0 Å². The summed E-state index contributed by atoms with van der Waals surface area (Å²) >= 11 is 1.53. The van der Waals surface area contributed by atoms with Gasteiger partial charge in [-0.15, -0.1) is 11.3 Å². The first kappa shape index (κ1) is 19.0. The summed E-state index contributed by atoms with van der Waals surface area (Å²) in [6.07, 6.45) is 2.90. The number of piperidine rings is 1. The molecular weight excluding hydrogens is 370 g/mol.